The summed E-state index contributed by atoms with van der Waals surface area (Å²) in [7, 11) is 3.89. The number of hydroxylamine groups is 1. The molecule has 3 saturated heterocycles. The Hall–Kier alpha value is -3.54. The molecule has 1 atom stereocenters. The molecule has 43 heavy (non-hydrogen) atoms. The van der Waals surface area contributed by atoms with Crippen molar-refractivity contribution in [3.05, 3.63) is 65.5 Å². The molecule has 0 bridgehead atoms. The lowest BCUT2D eigenvalue weighted by molar-refractivity contribution is 0.0982. The fraction of sp³-hybridized carbons (Fsp3) is 0.500. The number of hydrogen-bond donors (Lipinski definition) is 1. The van der Waals surface area contributed by atoms with Crippen molar-refractivity contribution in [3.8, 4) is 5.75 Å². The Bertz CT molecular complexity index is 1410. The number of aromatic nitrogens is 2. The first kappa shape index (κ1) is 29.5. The van der Waals surface area contributed by atoms with Gasteiger partial charge in [-0.25, -0.2) is 23.8 Å². The highest BCUT2D eigenvalue weighted by Gasteiger charge is 2.32. The molecule has 3 aliphatic heterocycles. The minimum Gasteiger partial charge on any atom is -0.494 e. The summed E-state index contributed by atoms with van der Waals surface area (Å²) in [4.78, 5) is 22.2. The Kier molecular flexibility index (Phi) is 8.92. The van der Waals surface area contributed by atoms with Crippen molar-refractivity contribution in [3.63, 3.8) is 0 Å². The fourth-order valence-electron chi connectivity index (χ4n) is 6.54. The van der Waals surface area contributed by atoms with Crippen molar-refractivity contribution in [2.75, 3.05) is 75.3 Å². The van der Waals surface area contributed by atoms with Gasteiger partial charge in [-0.15, -0.1) is 0 Å². The van der Waals surface area contributed by atoms with Crippen LogP contribution in [-0.4, -0.2) is 85.8 Å². The maximum atomic E-state index is 14.6. The van der Waals surface area contributed by atoms with Gasteiger partial charge in [0.15, 0.2) is 5.82 Å². The second-order valence-corrected chi connectivity index (χ2v) is 11.6. The third-order valence-electron chi connectivity index (χ3n) is 9.01. The SMILES string of the molecule is CCc1cc(Nc2cc(N3OCCC3c3ccc(F)cc3F)ncn2)c(OC)cc1N1CCC(N2CCN(C)CC2)CC1. The highest BCUT2D eigenvalue weighted by molar-refractivity contribution is 5.73. The van der Waals surface area contributed by atoms with E-state index in [-0.39, 0.29) is 0 Å². The van der Waals surface area contributed by atoms with E-state index in [0.29, 0.717) is 36.3 Å². The molecule has 0 radical (unpaired) electrons. The molecule has 11 heteroatoms. The van der Waals surface area contributed by atoms with E-state index in [1.807, 2.05) is 0 Å². The standard InChI is InChI=1S/C32H41F2N7O2/c1-4-22-17-27(30(42-3)19-29(22)40-10-7-24(8-11-40)39-14-12-38(2)13-15-39)37-31-20-32(36-21-35-31)41-28(9-16-43-41)25-6-5-23(33)18-26(25)34/h5-6,17-21,24,28H,4,7-16H2,1-3H3,(H,35,36,37). The molecule has 1 unspecified atom stereocenters. The Balaban J connectivity index is 1.18. The minimum absolute atomic E-state index is 0.365. The van der Waals surface area contributed by atoms with E-state index in [1.165, 1.54) is 42.6 Å². The van der Waals surface area contributed by atoms with Crippen LogP contribution in [0.2, 0.25) is 0 Å². The number of anilines is 4. The molecular formula is C32H41F2N7O2. The molecule has 0 spiro atoms. The van der Waals surface area contributed by atoms with Crippen LogP contribution in [-0.2, 0) is 11.3 Å². The monoisotopic (exact) mass is 593 g/mol. The summed E-state index contributed by atoms with van der Waals surface area (Å²) >= 11 is 0. The number of ether oxygens (including phenoxy) is 1. The van der Waals surface area contributed by atoms with Gasteiger partial charge < -0.3 is 19.9 Å². The number of halogens is 2. The van der Waals surface area contributed by atoms with E-state index in [2.05, 4.69) is 56.1 Å². The molecule has 3 fully saturated rings. The molecule has 0 aliphatic carbocycles. The molecule has 2 aromatic carbocycles. The van der Waals surface area contributed by atoms with Gasteiger partial charge in [-0.2, -0.15) is 0 Å². The molecule has 3 aliphatic rings. The maximum absolute atomic E-state index is 14.6. The molecular weight excluding hydrogens is 552 g/mol. The molecule has 230 valence electrons. The zero-order valence-electron chi connectivity index (χ0n) is 25.2. The number of methoxy groups -OCH3 is 1. The number of nitrogens with one attached hydrogen (secondary N) is 1. The van der Waals surface area contributed by atoms with Gasteiger partial charge in [0.25, 0.3) is 0 Å². The van der Waals surface area contributed by atoms with Crippen molar-refractivity contribution in [1.29, 1.82) is 0 Å². The third kappa shape index (κ3) is 6.39. The molecule has 0 amide bonds. The number of piperazine rings is 1. The van der Waals surface area contributed by atoms with Crippen LogP contribution in [0.3, 0.4) is 0 Å². The average molecular weight is 594 g/mol. The Labute approximate surface area is 252 Å². The van der Waals surface area contributed by atoms with E-state index in [0.717, 1.165) is 63.2 Å². The Morgan fingerprint density at radius 1 is 0.977 bits per heavy atom. The second kappa shape index (κ2) is 13.0. The lowest BCUT2D eigenvalue weighted by atomic mass is 9.99. The highest BCUT2D eigenvalue weighted by Crippen LogP contribution is 2.39. The molecule has 0 saturated carbocycles. The van der Waals surface area contributed by atoms with Crippen LogP contribution in [0, 0.1) is 11.6 Å². The molecule has 9 nitrogen and oxygen atoms in total. The van der Waals surface area contributed by atoms with Crippen molar-refractivity contribution >= 4 is 23.0 Å². The van der Waals surface area contributed by atoms with Gasteiger partial charge >= 0.3 is 0 Å². The lowest BCUT2D eigenvalue weighted by Gasteiger charge is -2.43. The number of aryl methyl sites for hydroxylation is 1. The average Bonchev–Trinajstić information content (AvgIpc) is 3.51. The molecule has 4 heterocycles. The third-order valence-corrected chi connectivity index (χ3v) is 9.01. The van der Waals surface area contributed by atoms with Crippen LogP contribution in [0.25, 0.3) is 0 Å². The predicted octanol–water partition coefficient (Wildman–Crippen LogP) is 5.17. The van der Waals surface area contributed by atoms with Crippen LogP contribution < -0.4 is 20.0 Å². The molecule has 1 N–H and O–H groups in total. The van der Waals surface area contributed by atoms with E-state index >= 15 is 0 Å². The number of benzene rings is 2. The summed E-state index contributed by atoms with van der Waals surface area (Å²) in [5.74, 6) is 0.561. The molecule has 6 rings (SSSR count). The Morgan fingerprint density at radius 3 is 2.49 bits per heavy atom. The van der Waals surface area contributed by atoms with Crippen molar-refractivity contribution in [1.82, 2.24) is 19.8 Å². The zero-order chi connectivity index (χ0) is 29.9. The normalized spacial score (nSPS) is 20.5. The smallest absolute Gasteiger partial charge is 0.158 e. The van der Waals surface area contributed by atoms with Crippen LogP contribution in [0.5, 0.6) is 5.75 Å². The molecule has 3 aromatic rings. The van der Waals surface area contributed by atoms with E-state index < -0.39 is 17.7 Å². The number of likely N-dealkylation sites (N-methyl/N-ethyl adjacent to an activating group) is 1. The van der Waals surface area contributed by atoms with Gasteiger partial charge in [-0.05, 0) is 44.0 Å². The zero-order valence-corrected chi connectivity index (χ0v) is 25.2. The second-order valence-electron chi connectivity index (χ2n) is 11.6. The first-order valence-electron chi connectivity index (χ1n) is 15.3. The number of rotatable bonds is 8. The summed E-state index contributed by atoms with van der Waals surface area (Å²) in [6.07, 6.45) is 5.22. The van der Waals surface area contributed by atoms with E-state index in [9.17, 15) is 8.78 Å². The first-order valence-corrected chi connectivity index (χ1v) is 15.3. The maximum Gasteiger partial charge on any atom is 0.158 e. The summed E-state index contributed by atoms with van der Waals surface area (Å²) in [5.41, 5.74) is 3.64. The highest BCUT2D eigenvalue weighted by atomic mass is 19.1. The van der Waals surface area contributed by atoms with Crippen molar-refractivity contribution < 1.29 is 18.4 Å². The summed E-state index contributed by atoms with van der Waals surface area (Å²) in [6, 6.07) is 9.90. The van der Waals surface area contributed by atoms with Crippen LogP contribution in [0.4, 0.5) is 31.8 Å². The minimum atomic E-state index is -0.609. The number of nitrogens with zero attached hydrogens (tertiary/aromatic N) is 6. The van der Waals surface area contributed by atoms with Crippen LogP contribution in [0.1, 0.15) is 43.4 Å². The first-order chi connectivity index (χ1) is 20.9. The summed E-state index contributed by atoms with van der Waals surface area (Å²) in [5, 5.41) is 4.98. The van der Waals surface area contributed by atoms with Gasteiger partial charge in [-0.3, -0.25) is 9.74 Å². The van der Waals surface area contributed by atoms with Gasteiger partial charge in [0.2, 0.25) is 0 Å². The van der Waals surface area contributed by atoms with Crippen LogP contribution in [0.15, 0.2) is 42.7 Å². The summed E-state index contributed by atoms with van der Waals surface area (Å²) in [6.45, 7) is 9.25. The van der Waals surface area contributed by atoms with E-state index in [4.69, 9.17) is 9.57 Å². The van der Waals surface area contributed by atoms with Gasteiger partial charge in [-0.1, -0.05) is 13.0 Å². The summed E-state index contributed by atoms with van der Waals surface area (Å²) < 4.78 is 34.0. The van der Waals surface area contributed by atoms with Gasteiger partial charge in [0.05, 0.1) is 25.4 Å². The topological polar surface area (TPSA) is 69.2 Å². The fourth-order valence-corrected chi connectivity index (χ4v) is 6.54. The van der Waals surface area contributed by atoms with Crippen molar-refractivity contribution in [2.45, 2.75) is 44.7 Å². The quantitative estimate of drug-likeness (QED) is 0.381. The number of piperidine rings is 1. The van der Waals surface area contributed by atoms with Gasteiger partial charge in [0, 0.05) is 81.2 Å². The van der Waals surface area contributed by atoms with Crippen molar-refractivity contribution in [2.24, 2.45) is 0 Å². The largest absolute Gasteiger partial charge is 0.494 e. The number of hydrogen-bond acceptors (Lipinski definition) is 9. The lowest BCUT2D eigenvalue weighted by Crippen LogP contribution is -2.52. The van der Waals surface area contributed by atoms with Crippen LogP contribution >= 0.6 is 0 Å². The van der Waals surface area contributed by atoms with Gasteiger partial charge in [0.1, 0.15) is 29.5 Å². The molecule has 1 aromatic heterocycles. The Morgan fingerprint density at radius 2 is 1.77 bits per heavy atom. The van der Waals surface area contributed by atoms with E-state index in [1.54, 1.807) is 18.2 Å². The predicted molar refractivity (Wildman–Crippen MR) is 164 cm³/mol.